The Hall–Kier alpha value is -3.33. The third-order valence-electron chi connectivity index (χ3n) is 7.13. The molecule has 9 heteroatoms. The van der Waals surface area contributed by atoms with E-state index in [1.165, 1.54) is 6.92 Å². The average molecular weight is 479 g/mol. The van der Waals surface area contributed by atoms with Gasteiger partial charge in [-0.1, -0.05) is 38.5 Å². The zero-order chi connectivity index (χ0) is 24.9. The average Bonchev–Trinajstić information content (AvgIpc) is 3.20. The predicted octanol–water partition coefficient (Wildman–Crippen LogP) is 1.51. The first-order valence-electron chi connectivity index (χ1n) is 12.4. The van der Waals surface area contributed by atoms with Crippen molar-refractivity contribution in [1.29, 1.82) is 0 Å². The lowest BCUT2D eigenvalue weighted by Gasteiger charge is -2.30. The van der Waals surface area contributed by atoms with Crippen LogP contribution in [0.4, 0.5) is 5.69 Å². The summed E-state index contributed by atoms with van der Waals surface area (Å²) in [6.45, 7) is 6.52. The normalized spacial score (nSPS) is 20.5. The molecular weight excluding hydrogens is 444 g/mol. The van der Waals surface area contributed by atoms with E-state index in [9.17, 15) is 14.4 Å². The summed E-state index contributed by atoms with van der Waals surface area (Å²) in [4.78, 5) is 40.5. The Kier molecular flexibility index (Phi) is 7.75. The van der Waals surface area contributed by atoms with Gasteiger partial charge in [-0.15, -0.1) is 0 Å². The summed E-state index contributed by atoms with van der Waals surface area (Å²) in [6, 6.07) is 6.74. The number of hydrogen-bond donors (Lipinski definition) is 3. The molecule has 0 saturated heterocycles. The van der Waals surface area contributed by atoms with Crippen LogP contribution in [0.2, 0.25) is 0 Å². The van der Waals surface area contributed by atoms with Crippen molar-refractivity contribution < 1.29 is 14.4 Å². The fourth-order valence-corrected chi connectivity index (χ4v) is 4.97. The van der Waals surface area contributed by atoms with Crippen LogP contribution in [0, 0.1) is 5.92 Å². The van der Waals surface area contributed by atoms with E-state index in [1.807, 2.05) is 18.2 Å². The second-order valence-corrected chi connectivity index (χ2v) is 9.51. The first kappa shape index (κ1) is 24.8. The number of aryl methyl sites for hydroxylation is 1. The van der Waals surface area contributed by atoms with Crippen molar-refractivity contribution in [3.05, 3.63) is 53.3 Å². The fourth-order valence-electron chi connectivity index (χ4n) is 4.97. The summed E-state index contributed by atoms with van der Waals surface area (Å²) in [6.07, 6.45) is 5.98. The SMILES string of the molecule is CC[C@H](C)[C@@H](CN[C@H]1CCc2cccc3c2N(C1=O)[C@H](C(=O)NCc1ccnnc1)C3)NC(C)=O. The molecule has 3 amide bonds. The van der Waals surface area contributed by atoms with E-state index < -0.39 is 12.1 Å². The van der Waals surface area contributed by atoms with Gasteiger partial charge in [0.05, 0.1) is 17.9 Å². The van der Waals surface area contributed by atoms with E-state index in [4.69, 9.17) is 0 Å². The minimum Gasteiger partial charge on any atom is -0.352 e. The standard InChI is InChI=1S/C26H34N6O3/c1-4-16(2)22(31-17(3)33)15-27-21-9-8-19-6-5-7-20-12-23(32(24(19)20)26(21)35)25(34)28-13-18-10-11-29-30-14-18/h5-7,10-11,14,16,21-23,27H,4,8-9,12-13,15H2,1-3H3,(H,28,34)(H,31,33)/t16-,21-,22+,23-/m0/s1. The Morgan fingerprint density at radius 1 is 1.20 bits per heavy atom. The highest BCUT2D eigenvalue weighted by atomic mass is 16.2. The molecule has 4 rings (SSSR count). The lowest BCUT2D eigenvalue weighted by atomic mass is 9.98. The molecule has 1 aromatic heterocycles. The fraction of sp³-hybridized carbons (Fsp3) is 0.500. The number of anilines is 1. The molecule has 3 N–H and O–H groups in total. The number of carbonyl (C=O) groups is 3. The quantitative estimate of drug-likeness (QED) is 0.503. The van der Waals surface area contributed by atoms with Crippen LogP contribution in [0.5, 0.6) is 0 Å². The molecule has 0 fully saturated rings. The number of aromatic nitrogens is 2. The van der Waals surface area contributed by atoms with Crippen molar-refractivity contribution in [1.82, 2.24) is 26.1 Å². The molecule has 0 spiro atoms. The van der Waals surface area contributed by atoms with Gasteiger partial charge < -0.3 is 16.0 Å². The number of nitrogens with zero attached hydrogens (tertiary/aromatic N) is 3. The van der Waals surface area contributed by atoms with Crippen molar-refractivity contribution in [2.24, 2.45) is 5.92 Å². The van der Waals surface area contributed by atoms with Gasteiger partial charge in [-0.2, -0.15) is 10.2 Å². The maximum absolute atomic E-state index is 13.8. The van der Waals surface area contributed by atoms with Gasteiger partial charge in [0.1, 0.15) is 6.04 Å². The number of nitrogens with one attached hydrogen (secondary N) is 3. The van der Waals surface area contributed by atoms with Gasteiger partial charge in [0.15, 0.2) is 0 Å². The van der Waals surface area contributed by atoms with Crippen LogP contribution in [-0.2, 0) is 33.8 Å². The minimum absolute atomic E-state index is 0.0712. The van der Waals surface area contributed by atoms with E-state index in [0.29, 0.717) is 25.9 Å². The number of hydrogen-bond acceptors (Lipinski definition) is 6. The molecule has 0 aliphatic carbocycles. The zero-order valence-electron chi connectivity index (χ0n) is 20.6. The monoisotopic (exact) mass is 478 g/mol. The van der Waals surface area contributed by atoms with Gasteiger partial charge in [-0.25, -0.2) is 0 Å². The van der Waals surface area contributed by atoms with E-state index in [2.05, 4.69) is 40.0 Å². The Morgan fingerprint density at radius 2 is 2.00 bits per heavy atom. The molecule has 2 aliphatic heterocycles. The molecular formula is C26H34N6O3. The molecule has 2 aromatic rings. The van der Waals surface area contributed by atoms with Crippen LogP contribution in [0.3, 0.4) is 0 Å². The Balaban J connectivity index is 1.52. The molecule has 2 aliphatic rings. The lowest BCUT2D eigenvalue weighted by Crippen LogP contribution is -2.55. The van der Waals surface area contributed by atoms with Gasteiger partial charge >= 0.3 is 0 Å². The van der Waals surface area contributed by atoms with E-state index >= 15 is 0 Å². The number of para-hydroxylation sites is 1. The molecule has 0 bridgehead atoms. The number of benzene rings is 1. The van der Waals surface area contributed by atoms with E-state index in [-0.39, 0.29) is 29.7 Å². The van der Waals surface area contributed by atoms with Gasteiger partial charge in [-0.05, 0) is 41.5 Å². The molecule has 4 atom stereocenters. The third kappa shape index (κ3) is 5.51. The van der Waals surface area contributed by atoms with Crippen LogP contribution in [0.1, 0.15) is 50.3 Å². The molecule has 186 valence electrons. The highest BCUT2D eigenvalue weighted by Crippen LogP contribution is 2.39. The molecule has 1 aromatic carbocycles. The zero-order valence-corrected chi connectivity index (χ0v) is 20.6. The first-order valence-corrected chi connectivity index (χ1v) is 12.4. The second kappa shape index (κ2) is 10.9. The van der Waals surface area contributed by atoms with Crippen LogP contribution in [0.25, 0.3) is 0 Å². The molecule has 0 saturated carbocycles. The molecule has 35 heavy (non-hydrogen) atoms. The predicted molar refractivity (Wildman–Crippen MR) is 132 cm³/mol. The van der Waals surface area contributed by atoms with Crippen LogP contribution < -0.4 is 20.9 Å². The molecule has 3 heterocycles. The third-order valence-corrected chi connectivity index (χ3v) is 7.13. The Bertz CT molecular complexity index is 1080. The highest BCUT2D eigenvalue weighted by Gasteiger charge is 2.43. The number of amides is 3. The van der Waals surface area contributed by atoms with Crippen molar-refractivity contribution in [2.75, 3.05) is 11.4 Å². The summed E-state index contributed by atoms with van der Waals surface area (Å²) >= 11 is 0. The van der Waals surface area contributed by atoms with Crippen molar-refractivity contribution in [3.8, 4) is 0 Å². The first-order chi connectivity index (χ1) is 16.9. The summed E-state index contributed by atoms with van der Waals surface area (Å²) in [5.41, 5.74) is 3.85. The molecule has 0 radical (unpaired) electrons. The highest BCUT2D eigenvalue weighted by molar-refractivity contribution is 6.06. The van der Waals surface area contributed by atoms with Crippen LogP contribution in [-0.4, -0.2) is 52.6 Å². The van der Waals surface area contributed by atoms with Crippen molar-refractivity contribution in [2.45, 2.75) is 71.1 Å². The van der Waals surface area contributed by atoms with Crippen molar-refractivity contribution in [3.63, 3.8) is 0 Å². The molecule has 9 nitrogen and oxygen atoms in total. The van der Waals surface area contributed by atoms with Gasteiger partial charge in [0, 0.05) is 38.7 Å². The maximum Gasteiger partial charge on any atom is 0.244 e. The van der Waals surface area contributed by atoms with Gasteiger partial charge in [0.2, 0.25) is 17.7 Å². The number of rotatable bonds is 9. The smallest absolute Gasteiger partial charge is 0.244 e. The van der Waals surface area contributed by atoms with Crippen molar-refractivity contribution >= 4 is 23.4 Å². The summed E-state index contributed by atoms with van der Waals surface area (Å²) in [7, 11) is 0. The lowest BCUT2D eigenvalue weighted by molar-refractivity contribution is -0.127. The topological polar surface area (TPSA) is 116 Å². The summed E-state index contributed by atoms with van der Waals surface area (Å²) < 4.78 is 0. The summed E-state index contributed by atoms with van der Waals surface area (Å²) in [5.74, 6) is -0.0927. The maximum atomic E-state index is 13.8. The Morgan fingerprint density at radius 3 is 2.71 bits per heavy atom. The second-order valence-electron chi connectivity index (χ2n) is 9.51. The minimum atomic E-state index is -0.600. The summed E-state index contributed by atoms with van der Waals surface area (Å²) in [5, 5.41) is 17.0. The van der Waals surface area contributed by atoms with Crippen LogP contribution >= 0.6 is 0 Å². The van der Waals surface area contributed by atoms with Gasteiger partial charge in [0.25, 0.3) is 0 Å². The van der Waals surface area contributed by atoms with Crippen LogP contribution in [0.15, 0.2) is 36.7 Å². The van der Waals surface area contributed by atoms with E-state index in [0.717, 1.165) is 35.2 Å². The number of carbonyl (C=O) groups excluding carboxylic acids is 3. The Labute approximate surface area is 206 Å². The largest absolute Gasteiger partial charge is 0.352 e. The van der Waals surface area contributed by atoms with E-state index in [1.54, 1.807) is 23.4 Å². The van der Waals surface area contributed by atoms with Gasteiger partial charge in [-0.3, -0.25) is 19.3 Å². The molecule has 0 unspecified atom stereocenters.